The fourth-order valence-corrected chi connectivity index (χ4v) is 2.71. The molecular formula is C16H17F2NOS. The Bertz CT molecular complexity index is 573. The fraction of sp³-hybridized carbons (Fsp3) is 0.250. The van der Waals surface area contributed by atoms with Crippen LogP contribution >= 0.6 is 11.8 Å². The first kappa shape index (κ1) is 15.8. The summed E-state index contributed by atoms with van der Waals surface area (Å²) in [4.78, 5) is 2.29. The van der Waals surface area contributed by atoms with Crippen LogP contribution in [0.15, 0.2) is 59.5 Å². The van der Waals surface area contributed by atoms with Crippen LogP contribution in [0.5, 0.6) is 0 Å². The molecule has 0 aromatic heterocycles. The molecule has 1 N–H and O–H groups in total. The lowest BCUT2D eigenvalue weighted by molar-refractivity contribution is -0.0355. The van der Waals surface area contributed by atoms with Crippen molar-refractivity contribution in [1.29, 1.82) is 0 Å². The number of nitrogens with zero attached hydrogens (tertiary/aromatic N) is 1. The number of anilines is 1. The van der Waals surface area contributed by atoms with Gasteiger partial charge in [-0.25, -0.2) is 0 Å². The minimum absolute atomic E-state index is 0.203. The molecule has 5 heteroatoms. The van der Waals surface area contributed by atoms with Crippen LogP contribution in [0.25, 0.3) is 0 Å². The molecule has 2 nitrogen and oxygen atoms in total. The minimum Gasteiger partial charge on any atom is -0.381 e. The average molecular weight is 309 g/mol. The first-order chi connectivity index (χ1) is 9.90. The molecule has 0 aliphatic rings. The van der Waals surface area contributed by atoms with Gasteiger partial charge in [0, 0.05) is 24.7 Å². The van der Waals surface area contributed by atoms with Gasteiger partial charge in [0.2, 0.25) is 0 Å². The Hall–Kier alpha value is -1.59. The lowest BCUT2D eigenvalue weighted by Crippen LogP contribution is -2.22. The van der Waals surface area contributed by atoms with E-state index in [1.807, 2.05) is 19.0 Å². The van der Waals surface area contributed by atoms with Crippen molar-refractivity contribution in [3.63, 3.8) is 0 Å². The van der Waals surface area contributed by atoms with Crippen LogP contribution in [-0.2, 0) is 0 Å². The molecule has 0 amide bonds. The Kier molecular flexibility index (Phi) is 4.85. The Morgan fingerprint density at radius 2 is 1.57 bits per heavy atom. The van der Waals surface area contributed by atoms with E-state index in [1.165, 1.54) is 12.1 Å². The van der Waals surface area contributed by atoms with E-state index in [1.54, 1.807) is 42.5 Å². The van der Waals surface area contributed by atoms with E-state index in [0.717, 1.165) is 5.69 Å². The molecule has 0 fully saturated rings. The van der Waals surface area contributed by atoms with Crippen LogP contribution in [-0.4, -0.2) is 24.5 Å². The van der Waals surface area contributed by atoms with Crippen molar-refractivity contribution in [2.45, 2.75) is 16.3 Å². The summed E-state index contributed by atoms with van der Waals surface area (Å²) in [6.07, 6.45) is -1.85. The van der Waals surface area contributed by atoms with E-state index in [-0.39, 0.29) is 5.56 Å². The van der Waals surface area contributed by atoms with Gasteiger partial charge in [-0.15, -0.1) is 0 Å². The number of aliphatic hydroxyl groups excluding tert-OH is 1. The van der Waals surface area contributed by atoms with Crippen LogP contribution in [0.1, 0.15) is 11.7 Å². The van der Waals surface area contributed by atoms with Gasteiger partial charge in [-0.1, -0.05) is 30.3 Å². The van der Waals surface area contributed by atoms with Crippen molar-refractivity contribution in [1.82, 2.24) is 0 Å². The minimum atomic E-state index is -3.29. The van der Waals surface area contributed by atoms with E-state index in [2.05, 4.69) is 0 Å². The van der Waals surface area contributed by atoms with E-state index >= 15 is 0 Å². The predicted molar refractivity (Wildman–Crippen MR) is 83.0 cm³/mol. The monoisotopic (exact) mass is 309 g/mol. The highest BCUT2D eigenvalue weighted by molar-refractivity contribution is 8.00. The molecule has 0 heterocycles. The maximum Gasteiger partial charge on any atom is 0.327 e. The van der Waals surface area contributed by atoms with Crippen LogP contribution in [0.2, 0.25) is 0 Å². The van der Waals surface area contributed by atoms with Gasteiger partial charge in [0.05, 0.1) is 0 Å². The molecule has 2 aromatic carbocycles. The number of alkyl halides is 2. The topological polar surface area (TPSA) is 23.5 Å². The molecule has 0 saturated heterocycles. The molecule has 2 rings (SSSR count). The molecule has 0 radical (unpaired) electrons. The lowest BCUT2D eigenvalue weighted by atomic mass is 10.1. The highest BCUT2D eigenvalue weighted by Crippen LogP contribution is 2.44. The Morgan fingerprint density at radius 1 is 1.00 bits per heavy atom. The molecule has 0 saturated carbocycles. The summed E-state index contributed by atoms with van der Waals surface area (Å²) in [7, 11) is 3.73. The first-order valence-electron chi connectivity index (χ1n) is 6.47. The number of hydrogen-bond donors (Lipinski definition) is 1. The highest BCUT2D eigenvalue weighted by atomic mass is 32.2. The summed E-state index contributed by atoms with van der Waals surface area (Å²) in [6, 6.07) is 14.8. The standard InChI is InChI=1S/C16H17F2NOS/c1-19(2)13-10-8-12(9-11-13)15(20)16(17,18)21-14-6-4-3-5-7-14/h3-11,15,20H,1-2H3. The molecule has 1 atom stereocenters. The van der Waals surface area contributed by atoms with E-state index < -0.39 is 11.4 Å². The number of halogens is 2. The zero-order chi connectivity index (χ0) is 15.5. The molecule has 0 aliphatic carbocycles. The molecular weight excluding hydrogens is 292 g/mol. The van der Waals surface area contributed by atoms with E-state index in [9.17, 15) is 13.9 Å². The van der Waals surface area contributed by atoms with E-state index in [0.29, 0.717) is 16.7 Å². The van der Waals surface area contributed by atoms with Gasteiger partial charge in [-0.3, -0.25) is 0 Å². The van der Waals surface area contributed by atoms with Crippen molar-refractivity contribution >= 4 is 17.4 Å². The number of rotatable bonds is 5. The normalized spacial score (nSPS) is 13.0. The quantitative estimate of drug-likeness (QED) is 0.839. The van der Waals surface area contributed by atoms with Crippen molar-refractivity contribution < 1.29 is 13.9 Å². The third-order valence-corrected chi connectivity index (χ3v) is 4.04. The highest BCUT2D eigenvalue weighted by Gasteiger charge is 2.40. The van der Waals surface area contributed by atoms with Gasteiger partial charge in [0.15, 0.2) is 6.10 Å². The van der Waals surface area contributed by atoms with Crippen LogP contribution in [0, 0.1) is 0 Å². The summed E-state index contributed by atoms with van der Waals surface area (Å²) in [5, 5.41) is 6.66. The third kappa shape index (κ3) is 3.95. The number of hydrogen-bond acceptors (Lipinski definition) is 3. The molecule has 21 heavy (non-hydrogen) atoms. The second-order valence-electron chi connectivity index (χ2n) is 4.87. The van der Waals surface area contributed by atoms with Crippen molar-refractivity contribution in [3.8, 4) is 0 Å². The fourth-order valence-electron chi connectivity index (χ4n) is 1.85. The van der Waals surface area contributed by atoms with Gasteiger partial charge in [0.25, 0.3) is 0 Å². The first-order valence-corrected chi connectivity index (χ1v) is 7.29. The average Bonchev–Trinajstić information content (AvgIpc) is 2.47. The molecule has 0 bridgehead atoms. The van der Waals surface area contributed by atoms with Crippen LogP contribution in [0.4, 0.5) is 14.5 Å². The van der Waals surface area contributed by atoms with Gasteiger partial charge in [-0.05, 0) is 41.6 Å². The summed E-state index contributed by atoms with van der Waals surface area (Å²) in [5.74, 6) is 0. The summed E-state index contributed by atoms with van der Waals surface area (Å²) in [6.45, 7) is 0. The Labute approximate surface area is 127 Å². The van der Waals surface area contributed by atoms with Crippen molar-refractivity contribution in [3.05, 3.63) is 60.2 Å². The third-order valence-electron chi connectivity index (χ3n) is 3.04. The van der Waals surface area contributed by atoms with Crippen LogP contribution < -0.4 is 4.90 Å². The maximum atomic E-state index is 14.2. The summed E-state index contributed by atoms with van der Waals surface area (Å²) >= 11 is 0.366. The molecule has 0 spiro atoms. The second-order valence-corrected chi connectivity index (χ2v) is 6.09. The zero-order valence-electron chi connectivity index (χ0n) is 11.8. The van der Waals surface area contributed by atoms with Crippen LogP contribution in [0.3, 0.4) is 0 Å². The van der Waals surface area contributed by atoms with E-state index in [4.69, 9.17) is 0 Å². The second kappa shape index (κ2) is 6.45. The zero-order valence-corrected chi connectivity index (χ0v) is 12.6. The smallest absolute Gasteiger partial charge is 0.327 e. The predicted octanol–water partition coefficient (Wildman–Crippen LogP) is 4.17. The number of thioether (sulfide) groups is 1. The SMILES string of the molecule is CN(C)c1ccc(C(O)C(F)(F)Sc2ccccc2)cc1. The van der Waals surface area contributed by atoms with Gasteiger partial charge < -0.3 is 10.0 Å². The lowest BCUT2D eigenvalue weighted by Gasteiger charge is -2.23. The Morgan fingerprint density at radius 3 is 2.10 bits per heavy atom. The number of benzene rings is 2. The Balaban J connectivity index is 2.15. The molecule has 112 valence electrons. The number of aliphatic hydroxyl groups is 1. The van der Waals surface area contributed by atoms with Gasteiger partial charge >= 0.3 is 5.25 Å². The maximum absolute atomic E-state index is 14.2. The summed E-state index contributed by atoms with van der Waals surface area (Å²) in [5.41, 5.74) is 1.10. The largest absolute Gasteiger partial charge is 0.381 e. The molecule has 0 aliphatic heterocycles. The summed E-state index contributed by atoms with van der Waals surface area (Å²) < 4.78 is 28.3. The van der Waals surface area contributed by atoms with Gasteiger partial charge in [0.1, 0.15) is 0 Å². The molecule has 1 unspecified atom stereocenters. The van der Waals surface area contributed by atoms with Crippen molar-refractivity contribution in [2.24, 2.45) is 0 Å². The molecule has 2 aromatic rings. The van der Waals surface area contributed by atoms with Gasteiger partial charge in [-0.2, -0.15) is 8.78 Å². The van der Waals surface area contributed by atoms with Crippen molar-refractivity contribution in [2.75, 3.05) is 19.0 Å².